The number of benzene rings is 1. The lowest BCUT2D eigenvalue weighted by atomic mass is 9.81. The number of fused-ring (bicyclic) bond motifs is 1. The Morgan fingerprint density at radius 3 is 2.86 bits per heavy atom. The minimum absolute atomic E-state index is 0.0791. The molecule has 0 aliphatic carbocycles. The molecule has 1 aliphatic rings. The van der Waals surface area contributed by atoms with Gasteiger partial charge in [-0.3, -0.25) is 0 Å². The summed E-state index contributed by atoms with van der Waals surface area (Å²) in [6.07, 6.45) is -0.0569. The molecule has 2 nitrogen and oxygen atoms in total. The molecular weight excluding hydrogens is 304 g/mol. The van der Waals surface area contributed by atoms with Crippen LogP contribution in [0.15, 0.2) is 35.0 Å². The number of hydrogen-bond acceptors (Lipinski definition) is 3. The SMILES string of the molecule is OCCC[C@H]1Cc2cc(C(F)F)ccc2NC1c1ccsc1. The van der Waals surface area contributed by atoms with Crippen molar-refractivity contribution < 1.29 is 13.9 Å². The first kappa shape index (κ1) is 15.4. The van der Waals surface area contributed by atoms with Gasteiger partial charge in [0.25, 0.3) is 6.43 Å². The van der Waals surface area contributed by atoms with Crippen molar-refractivity contribution in [1.82, 2.24) is 0 Å². The predicted octanol–water partition coefficient (Wildman–Crippen LogP) is 4.78. The molecule has 5 heteroatoms. The molecule has 2 aromatic rings. The maximum absolute atomic E-state index is 12.9. The highest BCUT2D eigenvalue weighted by atomic mass is 32.1. The van der Waals surface area contributed by atoms with E-state index >= 15 is 0 Å². The van der Waals surface area contributed by atoms with E-state index in [4.69, 9.17) is 5.11 Å². The molecule has 0 fully saturated rings. The third-order valence-electron chi connectivity index (χ3n) is 4.28. The van der Waals surface area contributed by atoms with Crippen molar-refractivity contribution in [1.29, 1.82) is 0 Å². The quantitative estimate of drug-likeness (QED) is 0.829. The molecule has 1 aliphatic heterocycles. The highest BCUT2D eigenvalue weighted by molar-refractivity contribution is 7.08. The molecule has 2 N–H and O–H groups in total. The van der Waals surface area contributed by atoms with Gasteiger partial charge in [0.15, 0.2) is 0 Å². The van der Waals surface area contributed by atoms with E-state index in [1.165, 1.54) is 11.6 Å². The summed E-state index contributed by atoms with van der Waals surface area (Å²) in [6, 6.07) is 7.16. The molecule has 2 heterocycles. The highest BCUT2D eigenvalue weighted by Crippen LogP contribution is 2.40. The van der Waals surface area contributed by atoms with Crippen molar-refractivity contribution in [2.24, 2.45) is 5.92 Å². The number of hydrogen-bond donors (Lipinski definition) is 2. The molecule has 118 valence electrons. The van der Waals surface area contributed by atoms with E-state index in [0.29, 0.717) is 5.92 Å². The van der Waals surface area contributed by atoms with Crippen molar-refractivity contribution in [2.45, 2.75) is 31.7 Å². The molecule has 0 saturated carbocycles. The van der Waals surface area contributed by atoms with Crippen LogP contribution in [0, 0.1) is 5.92 Å². The first-order valence-electron chi connectivity index (χ1n) is 7.49. The van der Waals surface area contributed by atoms with E-state index in [9.17, 15) is 8.78 Å². The Balaban J connectivity index is 1.89. The molecule has 2 atom stereocenters. The smallest absolute Gasteiger partial charge is 0.263 e. The molecular formula is C17H19F2NOS. The maximum Gasteiger partial charge on any atom is 0.263 e. The van der Waals surface area contributed by atoms with Gasteiger partial charge in [0.2, 0.25) is 0 Å². The fourth-order valence-electron chi connectivity index (χ4n) is 3.17. The van der Waals surface area contributed by atoms with E-state index in [-0.39, 0.29) is 18.2 Å². The standard InChI is InChI=1S/C17H19F2NOS/c18-17(19)12-3-4-15-14(9-12)8-11(2-1-6-21)16(20-15)13-5-7-22-10-13/h3-5,7,9-11,16-17,20-21H,1-2,6,8H2/t11-,16?/m0/s1. The average Bonchev–Trinajstić information content (AvgIpc) is 3.05. The van der Waals surface area contributed by atoms with Gasteiger partial charge >= 0.3 is 0 Å². The zero-order valence-electron chi connectivity index (χ0n) is 12.1. The molecule has 0 saturated heterocycles. The predicted molar refractivity (Wildman–Crippen MR) is 85.6 cm³/mol. The lowest BCUT2D eigenvalue weighted by Gasteiger charge is -2.35. The van der Waals surface area contributed by atoms with Crippen LogP contribution in [-0.2, 0) is 6.42 Å². The molecule has 1 unspecified atom stereocenters. The summed E-state index contributed by atoms with van der Waals surface area (Å²) < 4.78 is 25.8. The van der Waals surface area contributed by atoms with Crippen molar-refractivity contribution in [3.05, 3.63) is 51.7 Å². The Kier molecular flexibility index (Phi) is 4.74. The van der Waals surface area contributed by atoms with E-state index in [0.717, 1.165) is 30.5 Å². The molecule has 22 heavy (non-hydrogen) atoms. The Bertz CT molecular complexity index is 615. The summed E-state index contributed by atoms with van der Waals surface area (Å²) in [6.45, 7) is 0.163. The summed E-state index contributed by atoms with van der Waals surface area (Å²) in [7, 11) is 0. The third kappa shape index (κ3) is 3.15. The molecule has 0 radical (unpaired) electrons. The Hall–Kier alpha value is -1.46. The number of rotatable bonds is 5. The first-order chi connectivity index (χ1) is 10.7. The van der Waals surface area contributed by atoms with E-state index < -0.39 is 6.43 Å². The largest absolute Gasteiger partial charge is 0.396 e. The number of aliphatic hydroxyl groups is 1. The van der Waals surface area contributed by atoms with Gasteiger partial charge in [0.05, 0.1) is 6.04 Å². The third-order valence-corrected chi connectivity index (χ3v) is 4.98. The lowest BCUT2D eigenvalue weighted by molar-refractivity contribution is 0.151. The van der Waals surface area contributed by atoms with Crippen LogP contribution in [0.4, 0.5) is 14.5 Å². The summed E-state index contributed by atoms with van der Waals surface area (Å²) in [5.74, 6) is 0.308. The van der Waals surface area contributed by atoms with Crippen LogP contribution in [-0.4, -0.2) is 11.7 Å². The number of nitrogens with one attached hydrogen (secondary N) is 1. The van der Waals surface area contributed by atoms with E-state index in [2.05, 4.69) is 22.1 Å². The summed E-state index contributed by atoms with van der Waals surface area (Å²) in [5, 5.41) is 16.8. The van der Waals surface area contributed by atoms with Crippen molar-refractivity contribution in [3.63, 3.8) is 0 Å². The minimum Gasteiger partial charge on any atom is -0.396 e. The monoisotopic (exact) mass is 323 g/mol. The number of thiophene rings is 1. The minimum atomic E-state index is -2.43. The van der Waals surface area contributed by atoms with Crippen LogP contribution in [0.3, 0.4) is 0 Å². The van der Waals surface area contributed by atoms with Crippen LogP contribution < -0.4 is 5.32 Å². The lowest BCUT2D eigenvalue weighted by Crippen LogP contribution is -2.28. The van der Waals surface area contributed by atoms with Gasteiger partial charge in [-0.05, 0) is 65.3 Å². The van der Waals surface area contributed by atoms with Crippen LogP contribution in [0.1, 0.15) is 42.0 Å². The Morgan fingerprint density at radius 2 is 2.18 bits per heavy atom. The second-order valence-electron chi connectivity index (χ2n) is 5.73. The fourth-order valence-corrected chi connectivity index (χ4v) is 3.87. The van der Waals surface area contributed by atoms with E-state index in [1.54, 1.807) is 23.5 Å². The van der Waals surface area contributed by atoms with Crippen LogP contribution in [0.25, 0.3) is 0 Å². The zero-order valence-corrected chi connectivity index (χ0v) is 13.0. The maximum atomic E-state index is 12.9. The topological polar surface area (TPSA) is 32.3 Å². The first-order valence-corrected chi connectivity index (χ1v) is 8.44. The normalized spacial score (nSPS) is 20.7. The number of aliphatic hydroxyl groups excluding tert-OH is 1. The molecule has 0 bridgehead atoms. The highest BCUT2D eigenvalue weighted by Gasteiger charge is 2.29. The number of halogens is 2. The van der Waals surface area contributed by atoms with Gasteiger partial charge in [0, 0.05) is 17.9 Å². The van der Waals surface area contributed by atoms with Gasteiger partial charge in [-0.1, -0.05) is 6.07 Å². The zero-order chi connectivity index (χ0) is 15.5. The van der Waals surface area contributed by atoms with Crippen LogP contribution in [0.5, 0.6) is 0 Å². The van der Waals surface area contributed by atoms with Gasteiger partial charge in [0.1, 0.15) is 0 Å². The number of alkyl halides is 2. The second kappa shape index (κ2) is 6.75. The van der Waals surface area contributed by atoms with Crippen LogP contribution in [0.2, 0.25) is 0 Å². The summed E-state index contributed by atoms with van der Waals surface area (Å²) >= 11 is 1.66. The fraction of sp³-hybridized carbons (Fsp3) is 0.412. The van der Waals surface area contributed by atoms with Crippen molar-refractivity contribution in [2.75, 3.05) is 11.9 Å². The van der Waals surface area contributed by atoms with Gasteiger partial charge < -0.3 is 10.4 Å². The van der Waals surface area contributed by atoms with Gasteiger partial charge in [-0.15, -0.1) is 0 Å². The molecule has 0 amide bonds. The summed E-state index contributed by atoms with van der Waals surface area (Å²) in [5.41, 5.74) is 3.21. The molecule has 1 aromatic carbocycles. The van der Waals surface area contributed by atoms with Crippen molar-refractivity contribution >= 4 is 17.0 Å². The number of anilines is 1. The van der Waals surface area contributed by atoms with Crippen LogP contribution >= 0.6 is 11.3 Å². The average molecular weight is 323 g/mol. The Morgan fingerprint density at radius 1 is 1.32 bits per heavy atom. The van der Waals surface area contributed by atoms with Crippen molar-refractivity contribution in [3.8, 4) is 0 Å². The molecule has 3 rings (SSSR count). The molecule has 1 aromatic heterocycles. The Labute approximate surface area is 132 Å². The van der Waals surface area contributed by atoms with Gasteiger partial charge in [-0.25, -0.2) is 8.78 Å². The summed E-state index contributed by atoms with van der Waals surface area (Å²) in [4.78, 5) is 0. The van der Waals surface area contributed by atoms with E-state index in [1.807, 2.05) is 0 Å². The van der Waals surface area contributed by atoms with Gasteiger partial charge in [-0.2, -0.15) is 11.3 Å². The molecule has 0 spiro atoms. The second-order valence-corrected chi connectivity index (χ2v) is 6.51.